The summed E-state index contributed by atoms with van der Waals surface area (Å²) < 4.78 is 2.32. The van der Waals surface area contributed by atoms with Crippen LogP contribution in [0.1, 0.15) is 11.1 Å². The number of aromatic hydroxyl groups is 1. The molecule has 0 unspecified atom stereocenters. The molecule has 0 bridgehead atoms. The number of nitrogens with one attached hydrogen (secondary N) is 1. The van der Waals surface area contributed by atoms with E-state index in [1.165, 1.54) is 6.21 Å². The van der Waals surface area contributed by atoms with E-state index in [0.717, 1.165) is 25.3 Å². The van der Waals surface area contributed by atoms with Crippen molar-refractivity contribution in [1.29, 1.82) is 0 Å². The summed E-state index contributed by atoms with van der Waals surface area (Å²) >= 11 is 10.1. The van der Waals surface area contributed by atoms with Gasteiger partial charge < -0.3 is 5.11 Å². The first-order valence-corrected chi connectivity index (χ1v) is 9.99. The van der Waals surface area contributed by atoms with Crippen LogP contribution in [0.5, 0.6) is 5.75 Å². The van der Waals surface area contributed by atoms with Gasteiger partial charge in [-0.3, -0.25) is 4.79 Å². The van der Waals surface area contributed by atoms with Gasteiger partial charge in [-0.2, -0.15) is 5.10 Å². The highest BCUT2D eigenvalue weighted by molar-refractivity contribution is 9.11. The largest absolute Gasteiger partial charge is 0.506 e. The predicted molar refractivity (Wildman–Crippen MR) is 115 cm³/mol. The summed E-state index contributed by atoms with van der Waals surface area (Å²) in [4.78, 5) is 12.2. The molecule has 0 radical (unpaired) electrons. The zero-order valence-electron chi connectivity index (χ0n) is 13.3. The molecule has 0 heterocycles. The summed E-state index contributed by atoms with van der Waals surface area (Å²) in [5, 5.41) is 16.0. The summed E-state index contributed by atoms with van der Waals surface area (Å²) in [5.74, 6) is -0.174. The summed E-state index contributed by atoms with van der Waals surface area (Å²) in [5.41, 5.74) is 3.91. The van der Waals surface area contributed by atoms with E-state index in [4.69, 9.17) is 0 Å². The number of amides is 1. The molecule has 3 aromatic rings. The van der Waals surface area contributed by atoms with E-state index in [9.17, 15) is 9.90 Å². The van der Waals surface area contributed by atoms with E-state index in [0.29, 0.717) is 10.0 Å². The van der Waals surface area contributed by atoms with Gasteiger partial charge in [0.2, 0.25) is 5.91 Å². The molecule has 0 aromatic heterocycles. The topological polar surface area (TPSA) is 61.7 Å². The number of hydrogen-bond donors (Lipinski definition) is 2. The lowest BCUT2D eigenvalue weighted by Gasteiger charge is -2.07. The molecule has 1 amide bonds. The monoisotopic (exact) mass is 538 g/mol. The van der Waals surface area contributed by atoms with E-state index in [1.807, 2.05) is 36.4 Å². The van der Waals surface area contributed by atoms with E-state index in [2.05, 4.69) is 58.3 Å². The zero-order valence-corrected chi connectivity index (χ0v) is 18.1. The molecule has 132 valence electrons. The third-order valence-electron chi connectivity index (χ3n) is 3.76. The van der Waals surface area contributed by atoms with Crippen LogP contribution in [0.3, 0.4) is 0 Å². The number of carbonyl (C=O) groups is 1. The predicted octanol–water partition coefficient (Wildman–Crippen LogP) is 5.53. The molecule has 0 spiro atoms. The van der Waals surface area contributed by atoms with Gasteiger partial charge in [-0.15, -0.1) is 0 Å². The minimum absolute atomic E-state index is 0.0603. The maximum Gasteiger partial charge on any atom is 0.244 e. The molecule has 3 rings (SSSR count). The fourth-order valence-electron chi connectivity index (χ4n) is 2.55. The Labute approximate surface area is 175 Å². The summed E-state index contributed by atoms with van der Waals surface area (Å²) in [6, 6.07) is 15.2. The molecule has 2 N–H and O–H groups in total. The average molecular weight is 541 g/mol. The number of nitrogens with zero attached hydrogens (tertiary/aromatic N) is 1. The van der Waals surface area contributed by atoms with Crippen LogP contribution >= 0.6 is 47.8 Å². The molecule has 26 heavy (non-hydrogen) atoms. The summed E-state index contributed by atoms with van der Waals surface area (Å²) in [6.07, 6.45) is 1.61. The van der Waals surface area contributed by atoms with Crippen LogP contribution in [0.25, 0.3) is 10.8 Å². The molecule has 0 aliphatic heterocycles. The molecule has 3 aromatic carbocycles. The molecule has 0 saturated carbocycles. The van der Waals surface area contributed by atoms with E-state index < -0.39 is 0 Å². The van der Waals surface area contributed by atoms with Crippen LogP contribution in [0.4, 0.5) is 0 Å². The van der Waals surface area contributed by atoms with Gasteiger partial charge in [0.1, 0.15) is 5.75 Å². The molecular weight excluding hydrogens is 528 g/mol. The van der Waals surface area contributed by atoms with Crippen LogP contribution in [0, 0.1) is 0 Å². The summed E-state index contributed by atoms with van der Waals surface area (Å²) in [6.45, 7) is 0. The molecule has 0 aliphatic carbocycles. The average Bonchev–Trinajstić information content (AvgIpc) is 2.62. The lowest BCUT2D eigenvalue weighted by molar-refractivity contribution is -0.120. The van der Waals surface area contributed by atoms with Crippen LogP contribution < -0.4 is 5.43 Å². The number of hydrogen-bond acceptors (Lipinski definition) is 3. The van der Waals surface area contributed by atoms with Crippen LogP contribution in [0.15, 0.2) is 67.1 Å². The fraction of sp³-hybridized carbons (Fsp3) is 0.0526. The lowest BCUT2D eigenvalue weighted by Crippen LogP contribution is -2.19. The second-order valence-electron chi connectivity index (χ2n) is 5.55. The Bertz CT molecular complexity index is 1020. The third kappa shape index (κ3) is 4.34. The molecule has 4 nitrogen and oxygen atoms in total. The van der Waals surface area contributed by atoms with Gasteiger partial charge in [-0.05, 0) is 50.5 Å². The Morgan fingerprint density at radius 3 is 2.54 bits per heavy atom. The highest BCUT2D eigenvalue weighted by Gasteiger charge is 2.09. The van der Waals surface area contributed by atoms with Crippen molar-refractivity contribution in [3.63, 3.8) is 0 Å². The number of benzene rings is 3. The van der Waals surface area contributed by atoms with Gasteiger partial charge in [0, 0.05) is 14.5 Å². The second kappa shape index (κ2) is 8.33. The van der Waals surface area contributed by atoms with E-state index in [1.54, 1.807) is 12.1 Å². The quantitative estimate of drug-likeness (QED) is 0.338. The number of fused-ring (bicyclic) bond motifs is 1. The Morgan fingerprint density at radius 1 is 1.04 bits per heavy atom. The molecule has 0 saturated heterocycles. The molecular formula is C19H13Br3N2O2. The van der Waals surface area contributed by atoms with Crippen molar-refractivity contribution in [3.05, 3.63) is 73.1 Å². The minimum Gasteiger partial charge on any atom is -0.506 e. The number of carbonyl (C=O) groups excluding carboxylic acids is 1. The highest BCUT2D eigenvalue weighted by Crippen LogP contribution is 2.30. The maximum atomic E-state index is 12.2. The van der Waals surface area contributed by atoms with Crippen molar-refractivity contribution >= 4 is 70.7 Å². The van der Waals surface area contributed by atoms with E-state index >= 15 is 0 Å². The first kappa shape index (κ1) is 19.1. The van der Waals surface area contributed by atoms with Crippen molar-refractivity contribution < 1.29 is 9.90 Å². The van der Waals surface area contributed by atoms with Gasteiger partial charge >= 0.3 is 0 Å². The second-order valence-corrected chi connectivity index (χ2v) is 8.17. The number of halogens is 3. The lowest BCUT2D eigenvalue weighted by atomic mass is 10.0. The summed E-state index contributed by atoms with van der Waals surface area (Å²) in [7, 11) is 0. The minimum atomic E-state index is -0.234. The highest BCUT2D eigenvalue weighted by atomic mass is 79.9. The van der Waals surface area contributed by atoms with Crippen LogP contribution in [0.2, 0.25) is 0 Å². The number of phenolic OH excluding ortho intramolecular Hbond substituents is 1. The number of phenols is 1. The first-order valence-electron chi connectivity index (χ1n) is 7.61. The molecule has 7 heteroatoms. The standard InChI is InChI=1S/C19H13Br3N2O2/c20-13-7-12(19(26)17(22)9-13)10-23-24-18(25)8-11-5-6-16(21)15-4-2-1-3-14(11)15/h1-7,9-10,26H,8H2,(H,24,25). The smallest absolute Gasteiger partial charge is 0.244 e. The first-order chi connectivity index (χ1) is 12.5. The molecule has 0 fully saturated rings. The SMILES string of the molecule is O=C(Cc1ccc(Br)c2ccccc12)NN=Cc1cc(Br)cc(Br)c1O. The van der Waals surface area contributed by atoms with Crippen molar-refractivity contribution in [2.75, 3.05) is 0 Å². The maximum absolute atomic E-state index is 12.2. The number of rotatable bonds is 4. The Balaban J connectivity index is 1.74. The normalized spacial score (nSPS) is 11.2. The van der Waals surface area contributed by atoms with Gasteiger partial charge in [-0.1, -0.05) is 62.2 Å². The van der Waals surface area contributed by atoms with Gasteiger partial charge in [0.15, 0.2) is 0 Å². The van der Waals surface area contributed by atoms with E-state index in [-0.39, 0.29) is 18.1 Å². The number of hydrazone groups is 1. The van der Waals surface area contributed by atoms with Gasteiger partial charge in [-0.25, -0.2) is 5.43 Å². The third-order valence-corrected chi connectivity index (χ3v) is 5.52. The Morgan fingerprint density at radius 2 is 1.77 bits per heavy atom. The Hall–Kier alpha value is -1.70. The van der Waals surface area contributed by atoms with Crippen molar-refractivity contribution in [2.24, 2.45) is 5.10 Å². The van der Waals surface area contributed by atoms with Crippen molar-refractivity contribution in [2.45, 2.75) is 6.42 Å². The van der Waals surface area contributed by atoms with Crippen molar-refractivity contribution in [3.8, 4) is 5.75 Å². The molecule has 0 atom stereocenters. The van der Waals surface area contributed by atoms with Gasteiger partial charge in [0.25, 0.3) is 0 Å². The molecule has 0 aliphatic rings. The van der Waals surface area contributed by atoms with Crippen LogP contribution in [-0.4, -0.2) is 17.2 Å². The fourth-order valence-corrected chi connectivity index (χ4v) is 4.29. The van der Waals surface area contributed by atoms with Crippen LogP contribution in [-0.2, 0) is 11.2 Å². The Kier molecular flexibility index (Phi) is 6.11. The zero-order chi connectivity index (χ0) is 18.7. The van der Waals surface area contributed by atoms with Crippen molar-refractivity contribution in [1.82, 2.24) is 5.43 Å². The van der Waals surface area contributed by atoms with Gasteiger partial charge in [0.05, 0.1) is 17.1 Å².